The maximum Gasteiger partial charge on any atom is 0.409 e. The highest BCUT2D eigenvalue weighted by Crippen LogP contribution is 2.29. The summed E-state index contributed by atoms with van der Waals surface area (Å²) < 4.78 is 10.8. The number of carbonyl (C=O) groups is 1. The van der Waals surface area contributed by atoms with Crippen molar-refractivity contribution in [1.29, 1.82) is 0 Å². The summed E-state index contributed by atoms with van der Waals surface area (Å²) in [4.78, 5) is 24.3. The number of anilines is 4. The first-order chi connectivity index (χ1) is 14.6. The molecule has 3 rings (SSSR count). The molecule has 1 amide bonds. The van der Waals surface area contributed by atoms with Crippen LogP contribution in [0.25, 0.3) is 0 Å². The molecule has 1 aromatic carbocycles. The number of hydrogen-bond donors (Lipinski definition) is 2. The molecule has 0 aliphatic carbocycles. The SMILES string of the molecule is CCCCOc1ccc(Nc2ncnc(N3CCN(C(=O)OCC)CC3)c2N)cc1. The van der Waals surface area contributed by atoms with E-state index in [0.29, 0.717) is 50.1 Å². The zero-order valence-electron chi connectivity index (χ0n) is 17.6. The monoisotopic (exact) mass is 414 g/mol. The molecule has 0 unspecified atom stereocenters. The van der Waals surface area contributed by atoms with Crippen molar-refractivity contribution in [2.45, 2.75) is 26.7 Å². The number of benzene rings is 1. The van der Waals surface area contributed by atoms with Gasteiger partial charge in [0.2, 0.25) is 0 Å². The lowest BCUT2D eigenvalue weighted by Gasteiger charge is -2.35. The average molecular weight is 415 g/mol. The van der Waals surface area contributed by atoms with Crippen LogP contribution in [0, 0.1) is 0 Å². The molecule has 0 saturated carbocycles. The number of nitrogens with zero attached hydrogens (tertiary/aromatic N) is 4. The molecule has 1 aromatic heterocycles. The molecule has 2 heterocycles. The highest BCUT2D eigenvalue weighted by Gasteiger charge is 2.24. The normalized spacial score (nSPS) is 13.8. The number of carbonyl (C=O) groups excluding carboxylic acids is 1. The molecule has 9 nitrogen and oxygen atoms in total. The molecule has 1 saturated heterocycles. The molecule has 1 aliphatic rings. The summed E-state index contributed by atoms with van der Waals surface area (Å²) in [6.45, 7) is 7.41. The Morgan fingerprint density at radius 1 is 1.13 bits per heavy atom. The number of ether oxygens (including phenoxy) is 2. The Morgan fingerprint density at radius 2 is 1.87 bits per heavy atom. The summed E-state index contributed by atoms with van der Waals surface area (Å²) >= 11 is 0. The molecule has 1 aliphatic heterocycles. The van der Waals surface area contributed by atoms with Gasteiger partial charge in [-0.1, -0.05) is 13.3 Å². The van der Waals surface area contributed by atoms with Gasteiger partial charge in [0.15, 0.2) is 11.6 Å². The number of amides is 1. The summed E-state index contributed by atoms with van der Waals surface area (Å²) in [5, 5.41) is 3.25. The van der Waals surface area contributed by atoms with Gasteiger partial charge in [-0.2, -0.15) is 0 Å². The fraction of sp³-hybridized carbons (Fsp3) is 0.476. The molecule has 0 radical (unpaired) electrons. The topological polar surface area (TPSA) is 106 Å². The minimum Gasteiger partial charge on any atom is -0.494 e. The van der Waals surface area contributed by atoms with Gasteiger partial charge in [-0.15, -0.1) is 0 Å². The molecule has 0 spiro atoms. The second-order valence-corrected chi connectivity index (χ2v) is 6.98. The third kappa shape index (κ3) is 5.43. The quantitative estimate of drug-likeness (QED) is 0.634. The molecule has 0 atom stereocenters. The third-order valence-electron chi connectivity index (χ3n) is 4.85. The molecule has 3 N–H and O–H groups in total. The fourth-order valence-electron chi connectivity index (χ4n) is 3.16. The van der Waals surface area contributed by atoms with E-state index < -0.39 is 0 Å². The summed E-state index contributed by atoms with van der Waals surface area (Å²) in [5.74, 6) is 2.05. The molecular formula is C21H30N6O3. The molecule has 2 aromatic rings. The van der Waals surface area contributed by atoms with E-state index in [4.69, 9.17) is 15.2 Å². The van der Waals surface area contributed by atoms with Gasteiger partial charge in [-0.25, -0.2) is 14.8 Å². The van der Waals surface area contributed by atoms with Crippen LogP contribution in [-0.2, 0) is 4.74 Å². The van der Waals surface area contributed by atoms with Gasteiger partial charge in [-0.05, 0) is 37.6 Å². The second-order valence-electron chi connectivity index (χ2n) is 6.98. The maximum absolute atomic E-state index is 11.9. The Bertz CT molecular complexity index is 822. The van der Waals surface area contributed by atoms with Crippen molar-refractivity contribution in [3.8, 4) is 5.75 Å². The van der Waals surface area contributed by atoms with Crippen molar-refractivity contribution in [2.75, 3.05) is 55.3 Å². The van der Waals surface area contributed by atoms with Crippen LogP contribution in [0.15, 0.2) is 30.6 Å². The number of nitrogens with two attached hydrogens (primary N) is 1. The second kappa shape index (κ2) is 10.5. The van der Waals surface area contributed by atoms with Crippen LogP contribution < -0.4 is 20.7 Å². The summed E-state index contributed by atoms with van der Waals surface area (Å²) in [6.07, 6.45) is 3.35. The van der Waals surface area contributed by atoms with Gasteiger partial charge in [0, 0.05) is 31.9 Å². The Morgan fingerprint density at radius 3 is 2.53 bits per heavy atom. The van der Waals surface area contributed by atoms with Crippen LogP contribution in [0.5, 0.6) is 5.75 Å². The summed E-state index contributed by atoms with van der Waals surface area (Å²) in [5.41, 5.74) is 7.70. The highest BCUT2D eigenvalue weighted by molar-refractivity contribution is 5.78. The Hall–Kier alpha value is -3.23. The first kappa shape index (κ1) is 21.5. The van der Waals surface area contributed by atoms with E-state index in [1.807, 2.05) is 24.3 Å². The number of piperazine rings is 1. The number of rotatable bonds is 8. The van der Waals surface area contributed by atoms with Crippen molar-refractivity contribution < 1.29 is 14.3 Å². The third-order valence-corrected chi connectivity index (χ3v) is 4.85. The van der Waals surface area contributed by atoms with Gasteiger partial charge >= 0.3 is 6.09 Å². The number of aromatic nitrogens is 2. The van der Waals surface area contributed by atoms with Crippen LogP contribution >= 0.6 is 0 Å². The lowest BCUT2D eigenvalue weighted by atomic mass is 10.2. The zero-order chi connectivity index (χ0) is 21.3. The first-order valence-electron chi connectivity index (χ1n) is 10.4. The lowest BCUT2D eigenvalue weighted by Crippen LogP contribution is -2.49. The Balaban J connectivity index is 1.62. The summed E-state index contributed by atoms with van der Waals surface area (Å²) in [7, 11) is 0. The van der Waals surface area contributed by atoms with Gasteiger partial charge in [-0.3, -0.25) is 0 Å². The first-order valence-corrected chi connectivity index (χ1v) is 10.4. The van der Waals surface area contributed by atoms with E-state index in [0.717, 1.165) is 30.9 Å². The predicted octanol–water partition coefficient (Wildman–Crippen LogP) is 3.26. The van der Waals surface area contributed by atoms with Gasteiger partial charge in [0.1, 0.15) is 17.8 Å². The fourth-order valence-corrected chi connectivity index (χ4v) is 3.16. The van der Waals surface area contributed by atoms with Gasteiger partial charge in [0.05, 0.1) is 13.2 Å². The largest absolute Gasteiger partial charge is 0.494 e. The smallest absolute Gasteiger partial charge is 0.409 e. The van der Waals surface area contributed by atoms with Crippen LogP contribution in [0.2, 0.25) is 0 Å². The molecule has 1 fully saturated rings. The van der Waals surface area contributed by atoms with Crippen LogP contribution in [0.1, 0.15) is 26.7 Å². The Kier molecular flexibility index (Phi) is 7.53. The number of unbranched alkanes of at least 4 members (excludes halogenated alkanes) is 1. The standard InChI is InChI=1S/C21H30N6O3/c1-3-5-14-30-17-8-6-16(7-9-17)25-19-18(22)20(24-15-23-19)26-10-12-27(13-11-26)21(28)29-4-2/h6-9,15H,3-5,10-14,22H2,1-2H3,(H,23,24,25). The molecule has 0 bridgehead atoms. The van der Waals surface area contributed by atoms with Crippen molar-refractivity contribution in [1.82, 2.24) is 14.9 Å². The van der Waals surface area contributed by atoms with E-state index >= 15 is 0 Å². The van der Waals surface area contributed by atoms with Crippen LogP contribution in [-0.4, -0.2) is 60.4 Å². The minimum absolute atomic E-state index is 0.280. The van der Waals surface area contributed by atoms with E-state index in [-0.39, 0.29) is 6.09 Å². The lowest BCUT2D eigenvalue weighted by molar-refractivity contribution is 0.105. The molecular weight excluding hydrogens is 384 g/mol. The van der Waals surface area contributed by atoms with Crippen molar-refractivity contribution in [3.05, 3.63) is 30.6 Å². The number of hydrogen-bond acceptors (Lipinski definition) is 8. The average Bonchev–Trinajstić information content (AvgIpc) is 2.77. The number of nitrogens with one attached hydrogen (secondary N) is 1. The van der Waals surface area contributed by atoms with Crippen LogP contribution in [0.3, 0.4) is 0 Å². The predicted molar refractivity (Wildman–Crippen MR) is 117 cm³/mol. The number of nitrogen functional groups attached to an aromatic ring is 1. The van der Waals surface area contributed by atoms with Gasteiger partial charge in [0.25, 0.3) is 0 Å². The van der Waals surface area contributed by atoms with Crippen molar-refractivity contribution in [2.24, 2.45) is 0 Å². The Labute approximate surface area is 177 Å². The molecule has 30 heavy (non-hydrogen) atoms. The van der Waals surface area contributed by atoms with E-state index in [9.17, 15) is 4.79 Å². The van der Waals surface area contributed by atoms with Crippen molar-refractivity contribution >= 4 is 29.1 Å². The molecule has 9 heteroatoms. The van der Waals surface area contributed by atoms with Crippen molar-refractivity contribution in [3.63, 3.8) is 0 Å². The molecule has 162 valence electrons. The van der Waals surface area contributed by atoms with Gasteiger partial charge < -0.3 is 30.3 Å². The van der Waals surface area contributed by atoms with E-state index in [2.05, 4.69) is 27.1 Å². The van der Waals surface area contributed by atoms with Crippen LogP contribution in [0.4, 0.5) is 27.8 Å². The summed E-state index contributed by atoms with van der Waals surface area (Å²) in [6, 6.07) is 7.71. The maximum atomic E-state index is 11.9. The van der Waals surface area contributed by atoms with E-state index in [1.165, 1.54) is 6.33 Å². The van der Waals surface area contributed by atoms with E-state index in [1.54, 1.807) is 11.8 Å². The zero-order valence-corrected chi connectivity index (χ0v) is 17.6. The minimum atomic E-state index is -0.280. The highest BCUT2D eigenvalue weighted by atomic mass is 16.6.